The maximum atomic E-state index is 12.4. The number of hydrogen-bond donors (Lipinski definition) is 2. The Morgan fingerprint density at radius 1 is 1.38 bits per heavy atom. The maximum Gasteiger partial charge on any atom is 0.308 e. The molecule has 2 N–H and O–H groups in total. The van der Waals surface area contributed by atoms with Gasteiger partial charge in [0.15, 0.2) is 0 Å². The molecule has 6 heteroatoms. The summed E-state index contributed by atoms with van der Waals surface area (Å²) in [5.74, 6) is -1.53. The minimum atomic E-state index is -0.817. The fourth-order valence-corrected chi connectivity index (χ4v) is 2.99. The number of aliphatic carboxylic acids is 1. The molecule has 0 spiro atoms. The number of aromatic nitrogens is 2. The van der Waals surface area contributed by atoms with Crippen LogP contribution in [0.25, 0.3) is 0 Å². The van der Waals surface area contributed by atoms with Gasteiger partial charge in [0.05, 0.1) is 11.6 Å². The van der Waals surface area contributed by atoms with Crippen LogP contribution in [0.2, 0.25) is 0 Å². The van der Waals surface area contributed by atoms with Crippen LogP contribution >= 0.6 is 0 Å². The standard InChI is InChI=1S/C15H23N3O3/c1-3-18-13(9-10(2)17-18)14(19)16-12-8-6-4-5-7-11(12)15(20)21/h9,11-12H,3-8H2,1-2H3,(H,16,19)(H,20,21). The Bertz CT molecular complexity index is 524. The fraction of sp³-hybridized carbons (Fsp3) is 0.667. The van der Waals surface area contributed by atoms with Crippen LogP contribution in [0.5, 0.6) is 0 Å². The zero-order valence-electron chi connectivity index (χ0n) is 12.6. The molecule has 1 aliphatic rings. The van der Waals surface area contributed by atoms with Gasteiger partial charge in [0.1, 0.15) is 5.69 Å². The number of carbonyl (C=O) groups is 2. The van der Waals surface area contributed by atoms with Gasteiger partial charge in [-0.15, -0.1) is 0 Å². The van der Waals surface area contributed by atoms with Crippen molar-refractivity contribution in [1.29, 1.82) is 0 Å². The molecular weight excluding hydrogens is 270 g/mol. The molecule has 0 bridgehead atoms. The molecule has 2 atom stereocenters. The highest BCUT2D eigenvalue weighted by atomic mass is 16.4. The summed E-state index contributed by atoms with van der Waals surface area (Å²) >= 11 is 0. The molecule has 6 nitrogen and oxygen atoms in total. The van der Waals surface area contributed by atoms with Crippen molar-refractivity contribution in [2.24, 2.45) is 5.92 Å². The van der Waals surface area contributed by atoms with E-state index in [1.165, 1.54) is 0 Å². The molecule has 2 unspecified atom stereocenters. The van der Waals surface area contributed by atoms with Gasteiger partial charge in [-0.3, -0.25) is 14.3 Å². The van der Waals surface area contributed by atoms with E-state index >= 15 is 0 Å². The summed E-state index contributed by atoms with van der Waals surface area (Å²) in [7, 11) is 0. The highest BCUT2D eigenvalue weighted by Gasteiger charge is 2.31. The van der Waals surface area contributed by atoms with E-state index in [2.05, 4.69) is 10.4 Å². The first-order valence-corrected chi connectivity index (χ1v) is 7.61. The first kappa shape index (κ1) is 15.5. The average Bonchev–Trinajstić information content (AvgIpc) is 2.67. The molecule has 21 heavy (non-hydrogen) atoms. The molecule has 1 heterocycles. The van der Waals surface area contributed by atoms with Crippen LogP contribution < -0.4 is 5.32 Å². The van der Waals surface area contributed by atoms with Crippen molar-refractivity contribution in [1.82, 2.24) is 15.1 Å². The van der Waals surface area contributed by atoms with Crippen molar-refractivity contribution in [2.75, 3.05) is 0 Å². The van der Waals surface area contributed by atoms with Gasteiger partial charge < -0.3 is 10.4 Å². The van der Waals surface area contributed by atoms with Gasteiger partial charge in [0.2, 0.25) is 0 Å². The summed E-state index contributed by atoms with van der Waals surface area (Å²) in [6.45, 7) is 4.38. The third-order valence-electron chi connectivity index (χ3n) is 4.08. The molecule has 1 saturated carbocycles. The lowest BCUT2D eigenvalue weighted by atomic mass is 9.95. The minimum Gasteiger partial charge on any atom is -0.481 e. The largest absolute Gasteiger partial charge is 0.481 e. The molecule has 2 rings (SSSR count). The predicted octanol–water partition coefficient (Wildman–Crippen LogP) is 1.97. The van der Waals surface area contributed by atoms with Crippen molar-refractivity contribution in [3.8, 4) is 0 Å². The highest BCUT2D eigenvalue weighted by molar-refractivity contribution is 5.93. The van der Waals surface area contributed by atoms with E-state index in [0.29, 0.717) is 18.7 Å². The number of carbonyl (C=O) groups excluding carboxylic acids is 1. The second-order valence-corrected chi connectivity index (χ2v) is 5.65. The number of nitrogens with one attached hydrogen (secondary N) is 1. The van der Waals surface area contributed by atoms with E-state index in [4.69, 9.17) is 0 Å². The normalized spacial score (nSPS) is 22.6. The number of hydrogen-bond acceptors (Lipinski definition) is 3. The van der Waals surface area contributed by atoms with Gasteiger partial charge in [-0.25, -0.2) is 0 Å². The quantitative estimate of drug-likeness (QED) is 0.831. The summed E-state index contributed by atoms with van der Waals surface area (Å²) in [5.41, 5.74) is 1.29. The third-order valence-corrected chi connectivity index (χ3v) is 4.08. The third kappa shape index (κ3) is 3.62. The van der Waals surface area contributed by atoms with Gasteiger partial charge in [0.25, 0.3) is 5.91 Å². The zero-order chi connectivity index (χ0) is 15.4. The first-order valence-electron chi connectivity index (χ1n) is 7.61. The van der Waals surface area contributed by atoms with Gasteiger partial charge in [-0.1, -0.05) is 19.3 Å². The molecule has 0 radical (unpaired) electrons. The first-order chi connectivity index (χ1) is 10.0. The summed E-state index contributed by atoms with van der Waals surface area (Å²) in [6.07, 6.45) is 4.26. The minimum absolute atomic E-state index is 0.226. The van der Waals surface area contributed by atoms with Crippen LogP contribution in [0.15, 0.2) is 6.07 Å². The SMILES string of the molecule is CCn1nc(C)cc1C(=O)NC1CCCCCC1C(=O)O. The molecule has 116 valence electrons. The summed E-state index contributed by atoms with van der Waals surface area (Å²) in [4.78, 5) is 23.8. The van der Waals surface area contributed by atoms with Crippen molar-refractivity contribution in [3.05, 3.63) is 17.5 Å². The van der Waals surface area contributed by atoms with E-state index in [9.17, 15) is 14.7 Å². The Morgan fingerprint density at radius 3 is 2.76 bits per heavy atom. The lowest BCUT2D eigenvalue weighted by molar-refractivity contribution is -0.142. The average molecular weight is 293 g/mol. The van der Waals surface area contributed by atoms with E-state index < -0.39 is 11.9 Å². The molecular formula is C15H23N3O3. The Morgan fingerprint density at radius 2 is 2.10 bits per heavy atom. The highest BCUT2D eigenvalue weighted by Crippen LogP contribution is 2.24. The van der Waals surface area contributed by atoms with Gasteiger partial charge in [-0.2, -0.15) is 5.10 Å². The lowest BCUT2D eigenvalue weighted by Crippen LogP contribution is -2.43. The fourth-order valence-electron chi connectivity index (χ4n) is 2.99. The lowest BCUT2D eigenvalue weighted by Gasteiger charge is -2.22. The molecule has 0 saturated heterocycles. The molecule has 0 aliphatic heterocycles. The Hall–Kier alpha value is -1.85. The number of carboxylic acids is 1. The summed E-state index contributed by atoms with van der Waals surface area (Å²) < 4.78 is 1.65. The zero-order valence-corrected chi connectivity index (χ0v) is 12.6. The van der Waals surface area contributed by atoms with Gasteiger partial charge in [-0.05, 0) is 32.8 Å². The smallest absolute Gasteiger partial charge is 0.308 e. The topological polar surface area (TPSA) is 84.2 Å². The van der Waals surface area contributed by atoms with Crippen LogP contribution in [0.3, 0.4) is 0 Å². The maximum absolute atomic E-state index is 12.4. The number of rotatable bonds is 4. The summed E-state index contributed by atoms with van der Waals surface area (Å²) in [5, 5.41) is 16.5. The van der Waals surface area contributed by atoms with Gasteiger partial charge in [0, 0.05) is 12.6 Å². The number of nitrogens with zero attached hydrogens (tertiary/aromatic N) is 2. The van der Waals surface area contributed by atoms with Crippen LogP contribution in [0, 0.1) is 12.8 Å². The Labute approximate surface area is 124 Å². The number of aryl methyl sites for hydroxylation is 2. The summed E-state index contributed by atoms with van der Waals surface area (Å²) in [6, 6.07) is 1.45. The van der Waals surface area contributed by atoms with Crippen molar-refractivity contribution >= 4 is 11.9 Å². The molecule has 1 fully saturated rings. The van der Waals surface area contributed by atoms with Crippen LogP contribution in [0.4, 0.5) is 0 Å². The van der Waals surface area contributed by atoms with Crippen molar-refractivity contribution in [2.45, 2.75) is 58.5 Å². The van der Waals surface area contributed by atoms with Crippen LogP contribution in [0.1, 0.15) is 55.2 Å². The number of carboxylic acid groups (broad SMARTS) is 1. The Balaban J connectivity index is 2.14. The molecule has 0 aromatic carbocycles. The predicted molar refractivity (Wildman–Crippen MR) is 78.1 cm³/mol. The molecule has 1 aromatic heterocycles. The second-order valence-electron chi connectivity index (χ2n) is 5.65. The van der Waals surface area contributed by atoms with Crippen molar-refractivity contribution in [3.63, 3.8) is 0 Å². The van der Waals surface area contributed by atoms with Crippen LogP contribution in [-0.2, 0) is 11.3 Å². The monoisotopic (exact) mass is 293 g/mol. The molecule has 1 amide bonds. The van der Waals surface area contributed by atoms with E-state index in [0.717, 1.165) is 31.4 Å². The van der Waals surface area contributed by atoms with Crippen molar-refractivity contribution < 1.29 is 14.7 Å². The van der Waals surface area contributed by atoms with E-state index in [1.54, 1.807) is 10.7 Å². The van der Waals surface area contributed by atoms with Crippen LogP contribution in [-0.4, -0.2) is 32.8 Å². The second kappa shape index (κ2) is 6.74. The molecule has 1 aliphatic carbocycles. The van der Waals surface area contributed by atoms with E-state index in [-0.39, 0.29) is 11.9 Å². The van der Waals surface area contributed by atoms with E-state index in [1.807, 2.05) is 13.8 Å². The Kier molecular flexibility index (Phi) is 4.98. The number of amides is 1. The molecule has 1 aromatic rings. The van der Waals surface area contributed by atoms with Gasteiger partial charge >= 0.3 is 5.97 Å².